The van der Waals surface area contributed by atoms with Crippen molar-refractivity contribution in [2.45, 2.75) is 76.0 Å². The van der Waals surface area contributed by atoms with Gasteiger partial charge in [0.25, 0.3) is 0 Å². The van der Waals surface area contributed by atoms with Crippen LogP contribution in [-0.2, 0) is 32.8 Å². The third kappa shape index (κ3) is 6.14. The maximum absolute atomic E-state index is 13.9. The third-order valence-corrected chi connectivity index (χ3v) is 10.5. The van der Waals surface area contributed by atoms with Gasteiger partial charge < -0.3 is 4.90 Å². The molecule has 1 aliphatic rings. The molecule has 0 aliphatic carbocycles. The molecule has 0 N–H and O–H groups in total. The first-order chi connectivity index (χ1) is 18.6. The predicted molar refractivity (Wildman–Crippen MR) is 152 cm³/mol. The van der Waals surface area contributed by atoms with Crippen molar-refractivity contribution in [3.8, 4) is 0 Å². The Morgan fingerprint density at radius 1 is 1.07 bits per heavy atom. The monoisotopic (exact) mass is 592 g/mol. The normalized spacial score (nSPS) is 17.1. The summed E-state index contributed by atoms with van der Waals surface area (Å²) in [6.45, 7) is 9.77. The lowest BCUT2D eigenvalue weighted by Gasteiger charge is -2.38. The van der Waals surface area contributed by atoms with Crippen LogP contribution in [0.25, 0.3) is 0 Å². The summed E-state index contributed by atoms with van der Waals surface area (Å²) >= 11 is 1.64. The zero-order chi connectivity index (χ0) is 29.5. The second-order valence-corrected chi connectivity index (χ2v) is 14.1. The summed E-state index contributed by atoms with van der Waals surface area (Å²) in [7, 11) is -4.39. The van der Waals surface area contributed by atoms with Crippen LogP contribution in [0, 0.1) is 0 Å². The molecule has 0 spiro atoms. The van der Waals surface area contributed by atoms with Crippen molar-refractivity contribution in [1.29, 1.82) is 0 Å². The van der Waals surface area contributed by atoms with E-state index < -0.39 is 45.2 Å². The summed E-state index contributed by atoms with van der Waals surface area (Å²) in [4.78, 5) is 16.3. The van der Waals surface area contributed by atoms with Gasteiger partial charge in [-0.15, -0.1) is 11.3 Å². The quantitative estimate of drug-likeness (QED) is 0.296. The highest BCUT2D eigenvalue weighted by atomic mass is 32.2. The first kappa shape index (κ1) is 30.3. The Labute approximate surface area is 238 Å². The van der Waals surface area contributed by atoms with Gasteiger partial charge in [0.15, 0.2) is 0 Å². The molecule has 1 aromatic heterocycles. The van der Waals surface area contributed by atoms with E-state index in [1.165, 1.54) is 4.88 Å². The number of sulfonamides is 1. The number of carbonyl (C=O) groups excluding carboxylic acids is 1. The van der Waals surface area contributed by atoms with Gasteiger partial charge in [-0.25, -0.2) is 8.42 Å². The van der Waals surface area contributed by atoms with Gasteiger partial charge in [0.1, 0.15) is 0 Å². The van der Waals surface area contributed by atoms with E-state index in [1.807, 2.05) is 23.6 Å². The van der Waals surface area contributed by atoms with Crippen molar-refractivity contribution >= 4 is 27.3 Å². The van der Waals surface area contributed by atoms with Crippen molar-refractivity contribution in [2.75, 3.05) is 13.1 Å². The molecule has 1 amide bonds. The molecule has 216 valence electrons. The van der Waals surface area contributed by atoms with Crippen LogP contribution in [0.4, 0.5) is 13.2 Å². The highest BCUT2D eigenvalue weighted by Crippen LogP contribution is 2.39. The van der Waals surface area contributed by atoms with Crippen LogP contribution in [0.3, 0.4) is 0 Å². The van der Waals surface area contributed by atoms with Gasteiger partial charge in [-0.1, -0.05) is 58.0 Å². The molecule has 2 heterocycles. The highest BCUT2D eigenvalue weighted by Gasteiger charge is 2.38. The van der Waals surface area contributed by atoms with Crippen LogP contribution in [0.2, 0.25) is 0 Å². The number of rotatable bonds is 7. The predicted octanol–water partition coefficient (Wildman–Crippen LogP) is 7.03. The maximum atomic E-state index is 13.9. The first-order valence-corrected chi connectivity index (χ1v) is 15.6. The average molecular weight is 593 g/mol. The number of hydrogen-bond acceptors (Lipinski definition) is 4. The Hall–Kier alpha value is -2.69. The van der Waals surface area contributed by atoms with Crippen molar-refractivity contribution in [3.63, 3.8) is 0 Å². The van der Waals surface area contributed by atoms with Gasteiger partial charge in [0.2, 0.25) is 15.9 Å². The van der Waals surface area contributed by atoms with Gasteiger partial charge >= 0.3 is 6.18 Å². The number of fused-ring (bicyclic) bond motifs is 1. The minimum atomic E-state index is -4.69. The van der Waals surface area contributed by atoms with E-state index in [-0.39, 0.29) is 11.5 Å². The smallest absolute Gasteiger partial charge is 0.330 e. The SMILES string of the molecule is CCC(C)N(CC(=O)N1CCc2sccc2C1c1ccc(C(C)(C)C)cc1)S(=O)(=O)c1cccc(C(F)(F)F)c1. The Morgan fingerprint density at radius 3 is 2.35 bits per heavy atom. The molecule has 0 saturated carbocycles. The van der Waals surface area contributed by atoms with E-state index in [1.54, 1.807) is 30.1 Å². The molecule has 0 radical (unpaired) electrons. The average Bonchev–Trinajstić information content (AvgIpc) is 3.38. The topological polar surface area (TPSA) is 57.7 Å². The van der Waals surface area contributed by atoms with Crippen LogP contribution < -0.4 is 0 Å². The fourth-order valence-electron chi connectivity index (χ4n) is 4.98. The lowest BCUT2D eigenvalue weighted by atomic mass is 9.85. The number of carbonyl (C=O) groups is 1. The molecule has 3 aromatic rings. The van der Waals surface area contributed by atoms with Crippen LogP contribution in [-0.4, -0.2) is 42.7 Å². The summed E-state index contributed by atoms with van der Waals surface area (Å²) in [5.41, 5.74) is 2.01. The van der Waals surface area contributed by atoms with Crippen molar-refractivity contribution in [1.82, 2.24) is 9.21 Å². The summed E-state index contributed by atoms with van der Waals surface area (Å²) < 4.78 is 68.4. The molecule has 0 saturated heterocycles. The maximum Gasteiger partial charge on any atom is 0.416 e. The van der Waals surface area contributed by atoms with Crippen molar-refractivity contribution in [2.24, 2.45) is 0 Å². The number of alkyl halides is 3. The zero-order valence-electron chi connectivity index (χ0n) is 23.3. The Bertz CT molecular complexity index is 1460. The van der Waals surface area contributed by atoms with E-state index in [4.69, 9.17) is 0 Å². The number of halogens is 3. The summed E-state index contributed by atoms with van der Waals surface area (Å²) in [6.07, 6.45) is -3.65. The summed E-state index contributed by atoms with van der Waals surface area (Å²) in [5, 5.41) is 2.00. The van der Waals surface area contributed by atoms with Crippen LogP contribution in [0.15, 0.2) is 64.9 Å². The van der Waals surface area contributed by atoms with Crippen LogP contribution in [0.5, 0.6) is 0 Å². The third-order valence-electron chi connectivity index (χ3n) is 7.52. The second-order valence-electron chi connectivity index (χ2n) is 11.2. The molecule has 0 bridgehead atoms. The van der Waals surface area contributed by atoms with Gasteiger partial charge in [-0.05, 0) is 71.5 Å². The van der Waals surface area contributed by atoms with Crippen LogP contribution in [0.1, 0.15) is 74.2 Å². The minimum Gasteiger partial charge on any atom is -0.330 e. The van der Waals surface area contributed by atoms with E-state index in [0.29, 0.717) is 25.5 Å². The highest BCUT2D eigenvalue weighted by molar-refractivity contribution is 7.89. The van der Waals surface area contributed by atoms with Gasteiger partial charge in [-0.3, -0.25) is 4.79 Å². The summed E-state index contributed by atoms with van der Waals surface area (Å²) in [5.74, 6) is -0.391. The fraction of sp³-hybridized carbons (Fsp3) is 0.433. The standard InChI is InChI=1S/C30H35F3N2O3S2/c1-6-20(2)35(40(37,38)24-9-7-8-23(18-24)30(31,32)33)19-27(36)34-16-14-26-25(15-17-39-26)28(34)21-10-12-22(13-11-21)29(3,4)5/h7-13,15,17-18,20,28H,6,14,16,19H2,1-5H3. The van der Waals surface area contributed by atoms with E-state index in [9.17, 15) is 26.4 Å². The van der Waals surface area contributed by atoms with Gasteiger partial charge in [0, 0.05) is 17.5 Å². The number of hydrogen-bond donors (Lipinski definition) is 0. The number of nitrogens with zero attached hydrogens (tertiary/aromatic N) is 2. The molecule has 2 unspecified atom stereocenters. The van der Waals surface area contributed by atoms with Gasteiger partial charge in [-0.2, -0.15) is 17.5 Å². The van der Waals surface area contributed by atoms with Crippen molar-refractivity contribution in [3.05, 3.63) is 87.1 Å². The van der Waals surface area contributed by atoms with Gasteiger partial charge in [0.05, 0.1) is 23.0 Å². The molecule has 2 aromatic carbocycles. The molecule has 1 aliphatic heterocycles. The summed E-state index contributed by atoms with van der Waals surface area (Å²) in [6, 6.07) is 12.9. The van der Waals surface area contributed by atoms with E-state index in [0.717, 1.165) is 39.2 Å². The zero-order valence-corrected chi connectivity index (χ0v) is 25.0. The van der Waals surface area contributed by atoms with E-state index >= 15 is 0 Å². The lowest BCUT2D eigenvalue weighted by molar-refractivity contribution is -0.138. The van der Waals surface area contributed by atoms with Crippen molar-refractivity contribution < 1.29 is 26.4 Å². The molecule has 4 rings (SSSR count). The second kappa shape index (κ2) is 11.3. The molecule has 40 heavy (non-hydrogen) atoms. The molecule has 5 nitrogen and oxygen atoms in total. The Kier molecular flexibility index (Phi) is 8.55. The molecule has 0 fully saturated rings. The number of amides is 1. The Balaban J connectivity index is 1.69. The van der Waals surface area contributed by atoms with Crippen LogP contribution >= 0.6 is 11.3 Å². The fourth-order valence-corrected chi connectivity index (χ4v) is 7.59. The number of thiophene rings is 1. The largest absolute Gasteiger partial charge is 0.416 e. The lowest BCUT2D eigenvalue weighted by Crippen LogP contribution is -2.49. The molecular weight excluding hydrogens is 557 g/mol. The Morgan fingerprint density at radius 2 is 1.75 bits per heavy atom. The first-order valence-electron chi connectivity index (χ1n) is 13.3. The number of benzene rings is 2. The minimum absolute atomic E-state index is 0.0390. The molecule has 2 atom stereocenters. The molecular formula is C30H35F3N2O3S2. The molecule has 10 heteroatoms. The van der Waals surface area contributed by atoms with E-state index in [2.05, 4.69) is 32.9 Å².